The Bertz CT molecular complexity index is 761. The Morgan fingerprint density at radius 3 is 2.27 bits per heavy atom. The molecule has 30 heavy (non-hydrogen) atoms. The smallest absolute Gasteiger partial charge is 0.409 e. The molecule has 1 aromatic carbocycles. The summed E-state index contributed by atoms with van der Waals surface area (Å²) in [5.74, 6) is -0.386. The standard InChI is InChI=1S/C21H29N3O6/c1-28-14-18-13-23(12-15-4-6-16(7-5-15)19(25)29-2)20(26)24(18)17-8-10-22(11-9-17)21(27)30-3/h4-7,17-18H,8-14H2,1-3H3/t18-/m0/s1. The summed E-state index contributed by atoms with van der Waals surface area (Å²) >= 11 is 0. The van der Waals surface area contributed by atoms with E-state index in [9.17, 15) is 14.4 Å². The Balaban J connectivity index is 1.66. The number of carbonyl (C=O) groups is 3. The zero-order valence-electron chi connectivity index (χ0n) is 17.7. The first kappa shape index (κ1) is 21.9. The van der Waals surface area contributed by atoms with Gasteiger partial charge in [-0.25, -0.2) is 14.4 Å². The summed E-state index contributed by atoms with van der Waals surface area (Å²) in [5, 5.41) is 0. The Kier molecular flexibility index (Phi) is 7.15. The molecule has 0 unspecified atom stereocenters. The zero-order valence-corrected chi connectivity index (χ0v) is 17.7. The van der Waals surface area contributed by atoms with E-state index < -0.39 is 0 Å². The third-order valence-electron chi connectivity index (χ3n) is 5.71. The Hall–Kier alpha value is -2.81. The number of carbonyl (C=O) groups excluding carboxylic acids is 3. The summed E-state index contributed by atoms with van der Waals surface area (Å²) in [6, 6.07) is 7.08. The molecule has 0 N–H and O–H groups in total. The molecule has 0 spiro atoms. The lowest BCUT2D eigenvalue weighted by atomic mass is 10.0. The van der Waals surface area contributed by atoms with E-state index in [0.717, 1.165) is 5.56 Å². The van der Waals surface area contributed by atoms with Crippen LogP contribution < -0.4 is 0 Å². The van der Waals surface area contributed by atoms with E-state index in [1.54, 1.807) is 24.1 Å². The molecule has 2 aliphatic heterocycles. The molecule has 9 heteroatoms. The maximum absolute atomic E-state index is 13.2. The van der Waals surface area contributed by atoms with Crippen LogP contribution in [0.4, 0.5) is 9.59 Å². The van der Waals surface area contributed by atoms with Crippen molar-refractivity contribution in [3.63, 3.8) is 0 Å². The minimum absolute atomic E-state index is 0.0226. The molecule has 1 aromatic rings. The van der Waals surface area contributed by atoms with Gasteiger partial charge in [-0.3, -0.25) is 0 Å². The number of hydrogen-bond donors (Lipinski definition) is 0. The van der Waals surface area contributed by atoms with E-state index in [1.807, 2.05) is 21.9 Å². The molecule has 0 bridgehead atoms. The van der Waals surface area contributed by atoms with E-state index in [0.29, 0.717) is 51.2 Å². The van der Waals surface area contributed by atoms with Gasteiger partial charge in [0.05, 0.1) is 32.4 Å². The molecule has 9 nitrogen and oxygen atoms in total. The Morgan fingerprint density at radius 2 is 1.70 bits per heavy atom. The van der Waals surface area contributed by atoms with Crippen LogP contribution in [-0.4, -0.2) is 92.4 Å². The second-order valence-corrected chi connectivity index (χ2v) is 7.56. The molecule has 1 atom stereocenters. The van der Waals surface area contributed by atoms with Crippen LogP contribution in [0.15, 0.2) is 24.3 Å². The monoisotopic (exact) mass is 419 g/mol. The highest BCUT2D eigenvalue weighted by Gasteiger charge is 2.42. The van der Waals surface area contributed by atoms with Gasteiger partial charge in [0, 0.05) is 39.3 Å². The molecule has 0 aliphatic carbocycles. The summed E-state index contributed by atoms with van der Waals surface area (Å²) in [4.78, 5) is 41.9. The zero-order chi connectivity index (χ0) is 21.7. The van der Waals surface area contributed by atoms with E-state index in [-0.39, 0.29) is 30.2 Å². The summed E-state index contributed by atoms with van der Waals surface area (Å²) in [7, 11) is 4.36. The van der Waals surface area contributed by atoms with Gasteiger partial charge >= 0.3 is 18.1 Å². The molecular weight excluding hydrogens is 390 g/mol. The van der Waals surface area contributed by atoms with Crippen LogP contribution in [0.25, 0.3) is 0 Å². The van der Waals surface area contributed by atoms with Crippen molar-refractivity contribution >= 4 is 18.1 Å². The highest BCUT2D eigenvalue weighted by Crippen LogP contribution is 2.27. The van der Waals surface area contributed by atoms with Gasteiger partial charge < -0.3 is 28.9 Å². The maximum atomic E-state index is 13.2. The van der Waals surface area contributed by atoms with Crippen molar-refractivity contribution in [2.24, 2.45) is 0 Å². The minimum Gasteiger partial charge on any atom is -0.465 e. The summed E-state index contributed by atoms with van der Waals surface area (Å²) in [6.07, 6.45) is 1.09. The molecule has 0 radical (unpaired) electrons. The van der Waals surface area contributed by atoms with Crippen LogP contribution in [-0.2, 0) is 20.8 Å². The van der Waals surface area contributed by atoms with Gasteiger partial charge in [0.25, 0.3) is 0 Å². The quantitative estimate of drug-likeness (QED) is 0.655. The second kappa shape index (κ2) is 9.80. The molecule has 3 rings (SSSR count). The fourth-order valence-corrected chi connectivity index (χ4v) is 4.19. The summed E-state index contributed by atoms with van der Waals surface area (Å²) in [6.45, 7) is 2.62. The molecule has 164 valence electrons. The highest BCUT2D eigenvalue weighted by atomic mass is 16.5. The topological polar surface area (TPSA) is 88.6 Å². The van der Waals surface area contributed by atoms with Crippen LogP contribution in [0.2, 0.25) is 0 Å². The van der Waals surface area contributed by atoms with Gasteiger partial charge in [-0.15, -0.1) is 0 Å². The molecule has 3 amide bonds. The van der Waals surface area contributed by atoms with Crippen molar-refractivity contribution in [1.29, 1.82) is 0 Å². The number of hydrogen-bond acceptors (Lipinski definition) is 6. The van der Waals surface area contributed by atoms with Gasteiger partial charge in [-0.05, 0) is 30.5 Å². The van der Waals surface area contributed by atoms with E-state index >= 15 is 0 Å². The van der Waals surface area contributed by atoms with Crippen molar-refractivity contribution in [2.45, 2.75) is 31.5 Å². The number of ether oxygens (including phenoxy) is 3. The predicted octanol–water partition coefficient (Wildman–Crippen LogP) is 1.96. The van der Waals surface area contributed by atoms with E-state index in [4.69, 9.17) is 14.2 Å². The number of nitrogens with zero attached hydrogens (tertiary/aromatic N) is 3. The first-order valence-electron chi connectivity index (χ1n) is 10.0. The van der Waals surface area contributed by atoms with Gasteiger partial charge in [0.1, 0.15) is 0 Å². The molecule has 0 aromatic heterocycles. The normalized spacial score (nSPS) is 19.9. The van der Waals surface area contributed by atoms with Crippen molar-refractivity contribution in [1.82, 2.24) is 14.7 Å². The molecular formula is C21H29N3O6. The van der Waals surface area contributed by atoms with Gasteiger partial charge in [0.15, 0.2) is 0 Å². The lowest BCUT2D eigenvalue weighted by Crippen LogP contribution is -2.51. The number of urea groups is 1. The number of amides is 3. The van der Waals surface area contributed by atoms with Crippen LogP contribution >= 0.6 is 0 Å². The van der Waals surface area contributed by atoms with Crippen LogP contribution in [0.3, 0.4) is 0 Å². The number of methoxy groups -OCH3 is 3. The molecule has 2 heterocycles. The highest BCUT2D eigenvalue weighted by molar-refractivity contribution is 5.89. The second-order valence-electron chi connectivity index (χ2n) is 7.56. The number of rotatable bonds is 6. The third-order valence-corrected chi connectivity index (χ3v) is 5.71. The molecule has 2 aliphatic rings. The average Bonchev–Trinajstić information content (AvgIpc) is 3.08. The lowest BCUT2D eigenvalue weighted by molar-refractivity contribution is 0.0600. The summed E-state index contributed by atoms with van der Waals surface area (Å²) in [5.41, 5.74) is 1.42. The van der Waals surface area contributed by atoms with Gasteiger partial charge in [-0.2, -0.15) is 0 Å². The van der Waals surface area contributed by atoms with Crippen LogP contribution in [0.5, 0.6) is 0 Å². The number of benzene rings is 1. The Morgan fingerprint density at radius 1 is 1.03 bits per heavy atom. The summed E-state index contributed by atoms with van der Waals surface area (Å²) < 4.78 is 14.9. The fraction of sp³-hybridized carbons (Fsp3) is 0.571. The van der Waals surface area contributed by atoms with Crippen LogP contribution in [0.1, 0.15) is 28.8 Å². The average molecular weight is 419 g/mol. The van der Waals surface area contributed by atoms with E-state index in [1.165, 1.54) is 14.2 Å². The van der Waals surface area contributed by atoms with Crippen molar-refractivity contribution in [3.8, 4) is 0 Å². The predicted molar refractivity (Wildman–Crippen MR) is 108 cm³/mol. The van der Waals surface area contributed by atoms with Crippen molar-refractivity contribution < 1.29 is 28.6 Å². The van der Waals surface area contributed by atoms with Crippen LogP contribution in [0, 0.1) is 0 Å². The molecule has 0 saturated carbocycles. The first-order chi connectivity index (χ1) is 14.5. The number of likely N-dealkylation sites (tertiary alicyclic amines) is 1. The lowest BCUT2D eigenvalue weighted by Gasteiger charge is -2.38. The molecule has 2 saturated heterocycles. The van der Waals surface area contributed by atoms with Crippen molar-refractivity contribution in [2.75, 3.05) is 47.6 Å². The number of esters is 1. The number of piperidine rings is 1. The first-order valence-corrected chi connectivity index (χ1v) is 10.0. The Labute approximate surface area is 176 Å². The van der Waals surface area contributed by atoms with E-state index in [2.05, 4.69) is 0 Å². The third kappa shape index (κ3) is 4.67. The van der Waals surface area contributed by atoms with Crippen molar-refractivity contribution in [3.05, 3.63) is 35.4 Å². The van der Waals surface area contributed by atoms with Gasteiger partial charge in [-0.1, -0.05) is 12.1 Å². The fourth-order valence-electron chi connectivity index (χ4n) is 4.19. The SMILES string of the molecule is COC[C@@H]1CN(Cc2ccc(C(=O)OC)cc2)C(=O)N1C1CCN(C(=O)OC)CC1. The largest absolute Gasteiger partial charge is 0.465 e. The minimum atomic E-state index is -0.386. The molecule has 2 fully saturated rings. The van der Waals surface area contributed by atoms with Gasteiger partial charge in [0.2, 0.25) is 0 Å². The maximum Gasteiger partial charge on any atom is 0.409 e.